The fraction of sp³-hybridized carbons (Fsp3) is 0.316. The molecule has 0 aliphatic carbocycles. The molecule has 6 heteroatoms. The molecular formula is C19H22Cl2FN3. The standard InChI is InChI=1S/C19H20FN3.2ClH/c1-12(13-9-14(20)11-21-10-13)8-18-19-15-4-2-3-5-16(15)23-17(19)6-7-22-18;;/h2-5,9-12,18,22-23H,6-8H2,1H3;2*1H. The number of fused-ring (bicyclic) bond motifs is 3. The van der Waals surface area contributed by atoms with Crippen LogP contribution in [0.5, 0.6) is 0 Å². The van der Waals surface area contributed by atoms with Gasteiger partial charge in [0, 0.05) is 41.8 Å². The van der Waals surface area contributed by atoms with Crippen LogP contribution in [0.4, 0.5) is 4.39 Å². The third kappa shape index (κ3) is 3.81. The van der Waals surface area contributed by atoms with Gasteiger partial charge >= 0.3 is 0 Å². The number of benzene rings is 1. The molecule has 0 bridgehead atoms. The minimum absolute atomic E-state index is 0. The van der Waals surface area contributed by atoms with Crippen molar-refractivity contribution in [2.45, 2.75) is 31.7 Å². The number of pyridine rings is 1. The number of hydrogen-bond acceptors (Lipinski definition) is 2. The van der Waals surface area contributed by atoms with Gasteiger partial charge in [0.25, 0.3) is 0 Å². The summed E-state index contributed by atoms with van der Waals surface area (Å²) in [5.74, 6) is -0.0194. The summed E-state index contributed by atoms with van der Waals surface area (Å²) in [6.07, 6.45) is 4.98. The van der Waals surface area contributed by atoms with Gasteiger partial charge in [-0.15, -0.1) is 24.8 Å². The minimum Gasteiger partial charge on any atom is -0.358 e. The molecule has 3 aromatic rings. The number of nitrogens with zero attached hydrogens (tertiary/aromatic N) is 1. The van der Waals surface area contributed by atoms with Crippen LogP contribution >= 0.6 is 24.8 Å². The SMILES string of the molecule is CC(CC1NCCc2[nH]c3ccccc3c21)c1cncc(F)c1.Cl.Cl. The van der Waals surface area contributed by atoms with Gasteiger partial charge in [-0.2, -0.15) is 0 Å². The predicted octanol–water partition coefficient (Wildman–Crippen LogP) is 4.93. The first-order chi connectivity index (χ1) is 11.2. The number of nitrogens with one attached hydrogen (secondary N) is 2. The van der Waals surface area contributed by atoms with Crippen molar-refractivity contribution in [3.8, 4) is 0 Å². The Morgan fingerprint density at radius 3 is 2.84 bits per heavy atom. The first-order valence-electron chi connectivity index (χ1n) is 8.15. The second-order valence-corrected chi connectivity index (χ2v) is 6.39. The van der Waals surface area contributed by atoms with Crippen LogP contribution in [0.3, 0.4) is 0 Å². The van der Waals surface area contributed by atoms with E-state index in [-0.39, 0.29) is 42.6 Å². The summed E-state index contributed by atoms with van der Waals surface area (Å²) in [7, 11) is 0. The lowest BCUT2D eigenvalue weighted by molar-refractivity contribution is 0.445. The number of halogens is 3. The molecule has 1 aromatic carbocycles. The molecule has 2 aromatic heterocycles. The van der Waals surface area contributed by atoms with Crippen molar-refractivity contribution in [2.75, 3.05) is 6.54 Å². The highest BCUT2D eigenvalue weighted by molar-refractivity contribution is 5.86. The van der Waals surface area contributed by atoms with Crippen LogP contribution in [0.2, 0.25) is 0 Å². The van der Waals surface area contributed by atoms with Crippen molar-refractivity contribution in [2.24, 2.45) is 0 Å². The molecule has 3 heterocycles. The van der Waals surface area contributed by atoms with Gasteiger partial charge in [0.15, 0.2) is 0 Å². The summed E-state index contributed by atoms with van der Waals surface area (Å²) in [5, 5.41) is 4.93. The molecule has 4 rings (SSSR count). The van der Waals surface area contributed by atoms with Crippen LogP contribution in [-0.2, 0) is 6.42 Å². The molecule has 2 atom stereocenters. The second-order valence-electron chi connectivity index (χ2n) is 6.39. The van der Waals surface area contributed by atoms with Gasteiger partial charge < -0.3 is 10.3 Å². The quantitative estimate of drug-likeness (QED) is 0.675. The maximum absolute atomic E-state index is 13.4. The highest BCUT2D eigenvalue weighted by Crippen LogP contribution is 2.36. The third-order valence-corrected chi connectivity index (χ3v) is 4.83. The van der Waals surface area contributed by atoms with Crippen LogP contribution in [0, 0.1) is 5.82 Å². The molecule has 0 spiro atoms. The largest absolute Gasteiger partial charge is 0.358 e. The maximum atomic E-state index is 13.4. The van der Waals surface area contributed by atoms with E-state index in [2.05, 4.69) is 46.5 Å². The van der Waals surface area contributed by atoms with E-state index in [0.717, 1.165) is 24.9 Å². The molecule has 0 saturated heterocycles. The number of aromatic nitrogens is 2. The average molecular weight is 382 g/mol. The molecular weight excluding hydrogens is 360 g/mol. The van der Waals surface area contributed by atoms with Crippen LogP contribution in [-0.4, -0.2) is 16.5 Å². The topological polar surface area (TPSA) is 40.7 Å². The van der Waals surface area contributed by atoms with Crippen molar-refractivity contribution in [3.63, 3.8) is 0 Å². The Hall–Kier alpha value is -1.62. The van der Waals surface area contributed by atoms with Crippen molar-refractivity contribution in [1.29, 1.82) is 0 Å². The van der Waals surface area contributed by atoms with Crippen LogP contribution in [0.25, 0.3) is 10.9 Å². The summed E-state index contributed by atoms with van der Waals surface area (Å²) >= 11 is 0. The smallest absolute Gasteiger partial charge is 0.141 e. The number of rotatable bonds is 3. The Kier molecular flexibility index (Phi) is 6.44. The van der Waals surface area contributed by atoms with Crippen molar-refractivity contribution >= 4 is 35.7 Å². The van der Waals surface area contributed by atoms with Gasteiger partial charge in [-0.05, 0) is 35.6 Å². The van der Waals surface area contributed by atoms with Crippen molar-refractivity contribution in [3.05, 3.63) is 65.4 Å². The highest BCUT2D eigenvalue weighted by Gasteiger charge is 2.26. The van der Waals surface area contributed by atoms with Gasteiger partial charge in [0.1, 0.15) is 5.82 Å². The summed E-state index contributed by atoms with van der Waals surface area (Å²) in [4.78, 5) is 7.54. The highest BCUT2D eigenvalue weighted by atomic mass is 35.5. The lowest BCUT2D eigenvalue weighted by Crippen LogP contribution is -2.30. The van der Waals surface area contributed by atoms with E-state index in [1.54, 1.807) is 12.3 Å². The molecule has 0 fully saturated rings. The molecule has 2 N–H and O–H groups in total. The monoisotopic (exact) mass is 381 g/mol. The molecule has 3 nitrogen and oxygen atoms in total. The molecule has 0 saturated carbocycles. The Bertz CT molecular complexity index is 850. The molecule has 1 aliphatic rings. The zero-order chi connectivity index (χ0) is 15.8. The van der Waals surface area contributed by atoms with E-state index in [1.165, 1.54) is 28.4 Å². The first kappa shape index (κ1) is 19.7. The van der Waals surface area contributed by atoms with Crippen molar-refractivity contribution in [1.82, 2.24) is 15.3 Å². The maximum Gasteiger partial charge on any atom is 0.141 e. The Labute approximate surface area is 159 Å². The van der Waals surface area contributed by atoms with E-state index >= 15 is 0 Å². The van der Waals surface area contributed by atoms with Gasteiger partial charge in [0.05, 0.1) is 6.20 Å². The Morgan fingerprint density at radius 2 is 2.04 bits per heavy atom. The molecule has 25 heavy (non-hydrogen) atoms. The summed E-state index contributed by atoms with van der Waals surface area (Å²) in [6.45, 7) is 3.11. The van der Waals surface area contributed by atoms with E-state index in [1.807, 2.05) is 0 Å². The van der Waals surface area contributed by atoms with E-state index < -0.39 is 0 Å². The normalized spacial score (nSPS) is 17.3. The predicted molar refractivity (Wildman–Crippen MR) is 104 cm³/mol. The van der Waals surface area contributed by atoms with Crippen LogP contribution in [0.1, 0.15) is 42.1 Å². The van der Waals surface area contributed by atoms with Gasteiger partial charge in [-0.1, -0.05) is 25.1 Å². The van der Waals surface area contributed by atoms with Gasteiger partial charge in [-0.25, -0.2) is 4.39 Å². The van der Waals surface area contributed by atoms with Crippen LogP contribution in [0.15, 0.2) is 42.7 Å². The van der Waals surface area contributed by atoms with Crippen molar-refractivity contribution < 1.29 is 4.39 Å². The van der Waals surface area contributed by atoms with Gasteiger partial charge in [0.2, 0.25) is 0 Å². The average Bonchev–Trinajstić information content (AvgIpc) is 2.94. The Balaban J connectivity index is 0.00000113. The van der Waals surface area contributed by atoms with Crippen LogP contribution < -0.4 is 5.32 Å². The Morgan fingerprint density at radius 1 is 1.24 bits per heavy atom. The number of hydrogen-bond donors (Lipinski definition) is 2. The number of para-hydroxylation sites is 1. The second kappa shape index (κ2) is 8.17. The molecule has 2 unspecified atom stereocenters. The van der Waals surface area contributed by atoms with Gasteiger partial charge in [-0.3, -0.25) is 4.98 Å². The summed E-state index contributed by atoms with van der Waals surface area (Å²) in [6, 6.07) is 10.3. The zero-order valence-corrected chi connectivity index (χ0v) is 15.6. The first-order valence-corrected chi connectivity index (χ1v) is 8.15. The van der Waals surface area contributed by atoms with E-state index in [0.29, 0.717) is 0 Å². The minimum atomic E-state index is -0.265. The van der Waals surface area contributed by atoms with E-state index in [9.17, 15) is 4.39 Å². The fourth-order valence-corrected chi connectivity index (χ4v) is 3.68. The third-order valence-electron chi connectivity index (χ3n) is 4.83. The molecule has 0 radical (unpaired) electrons. The summed E-state index contributed by atoms with van der Waals surface area (Å²) < 4.78 is 13.4. The molecule has 134 valence electrons. The lowest BCUT2D eigenvalue weighted by Gasteiger charge is -2.27. The van der Waals surface area contributed by atoms with E-state index in [4.69, 9.17) is 0 Å². The zero-order valence-electron chi connectivity index (χ0n) is 14.0. The molecule has 0 amide bonds. The summed E-state index contributed by atoms with van der Waals surface area (Å²) in [5.41, 5.74) is 4.87. The molecule has 1 aliphatic heterocycles. The number of H-pyrrole nitrogens is 1. The number of aromatic amines is 1. The lowest BCUT2D eigenvalue weighted by atomic mass is 9.88. The fourth-order valence-electron chi connectivity index (χ4n) is 3.68.